The van der Waals surface area contributed by atoms with E-state index in [1.807, 2.05) is 0 Å². The summed E-state index contributed by atoms with van der Waals surface area (Å²) in [5, 5.41) is 28.6. The fraction of sp³-hybridized carbons (Fsp3) is 0. The Balaban J connectivity index is 0.000000137. The lowest BCUT2D eigenvalue weighted by molar-refractivity contribution is 1.40. The Hall–Kier alpha value is -15.9. The number of pyridine rings is 4. The molecule has 0 radical (unpaired) electrons. The van der Waals surface area contributed by atoms with Gasteiger partial charge in [-0.05, 0) is 189 Å². The minimum Gasteiger partial charge on any atom is -0.245 e. The topological polar surface area (TPSA) is 51.6 Å². The van der Waals surface area contributed by atoms with Gasteiger partial charge in [-0.3, -0.25) is 0 Å². The van der Waals surface area contributed by atoms with Crippen molar-refractivity contribution in [1.29, 1.82) is 0 Å². The summed E-state index contributed by atoms with van der Waals surface area (Å²) in [4.78, 5) is 21.7. The second kappa shape index (κ2) is 28.0. The van der Waals surface area contributed by atoms with E-state index in [0.717, 1.165) is 87.9 Å². The number of hydrogen-bond donors (Lipinski definition) is 0. The number of para-hydroxylation sites is 2. The molecule has 4 heteroatoms. The summed E-state index contributed by atoms with van der Waals surface area (Å²) in [7, 11) is 0. The molecule has 0 unspecified atom stereocenters. The number of nitrogens with zero attached hydrogens (tertiary/aromatic N) is 4. The van der Waals surface area contributed by atoms with E-state index >= 15 is 0 Å². The molecule has 0 N–H and O–H groups in total. The molecule has 0 fully saturated rings. The van der Waals surface area contributed by atoms with Gasteiger partial charge in [-0.2, -0.15) is 0 Å². The van der Waals surface area contributed by atoms with Gasteiger partial charge in [0.25, 0.3) is 0 Å². The van der Waals surface area contributed by atoms with E-state index in [1.165, 1.54) is 164 Å². The fourth-order valence-electron chi connectivity index (χ4n) is 19.7. The van der Waals surface area contributed by atoms with Crippen molar-refractivity contribution in [3.05, 3.63) is 425 Å². The highest BCUT2D eigenvalue weighted by atomic mass is 14.8. The zero-order valence-electron chi connectivity index (χ0n) is 65.2. The van der Waals surface area contributed by atoms with Crippen LogP contribution in [0.1, 0.15) is 0 Å². The van der Waals surface area contributed by atoms with Crippen LogP contribution in [0.5, 0.6) is 0 Å². The van der Waals surface area contributed by atoms with Crippen LogP contribution in [0, 0.1) is 0 Å². The van der Waals surface area contributed by atoms with Crippen molar-refractivity contribution in [3.8, 4) is 89.3 Å². The van der Waals surface area contributed by atoms with Gasteiger partial charge in [0.05, 0.1) is 44.5 Å². The highest BCUT2D eigenvalue weighted by Gasteiger charge is 2.26. The van der Waals surface area contributed by atoms with Crippen molar-refractivity contribution in [2.45, 2.75) is 0 Å². The van der Waals surface area contributed by atoms with E-state index in [9.17, 15) is 0 Å². The molecule has 4 aromatic heterocycles. The van der Waals surface area contributed by atoms with Crippen LogP contribution in [0.3, 0.4) is 0 Å². The van der Waals surface area contributed by atoms with Crippen LogP contribution in [-0.4, -0.2) is 19.9 Å². The van der Waals surface area contributed by atoms with Crippen LogP contribution >= 0.6 is 0 Å². The smallest absolute Gasteiger partial charge is 0.0978 e. The average molecular weight is 1520 g/mol. The monoisotopic (exact) mass is 1520 g/mol. The van der Waals surface area contributed by atoms with Gasteiger partial charge in [0, 0.05) is 54.6 Å². The molecule has 25 aromatic rings. The van der Waals surface area contributed by atoms with Crippen LogP contribution in [-0.2, 0) is 0 Å². The molecule has 21 aromatic carbocycles. The first kappa shape index (κ1) is 68.5. The van der Waals surface area contributed by atoms with Gasteiger partial charge in [-0.25, -0.2) is 19.9 Å². The third kappa shape index (κ3) is 11.0. The predicted molar refractivity (Wildman–Crippen MR) is 510 cm³/mol. The summed E-state index contributed by atoms with van der Waals surface area (Å²) in [5.41, 5.74) is 24.3. The van der Waals surface area contributed by atoms with Gasteiger partial charge < -0.3 is 0 Å². The maximum Gasteiger partial charge on any atom is 0.0978 e. The summed E-state index contributed by atoms with van der Waals surface area (Å²) < 4.78 is 0. The van der Waals surface area contributed by atoms with Crippen LogP contribution in [0.25, 0.3) is 252 Å². The molecule has 25 rings (SSSR count). The van der Waals surface area contributed by atoms with Gasteiger partial charge in [0.2, 0.25) is 0 Å². The minimum atomic E-state index is 0.904. The summed E-state index contributed by atoms with van der Waals surface area (Å²) in [6, 6.07) is 154. The molecule has 554 valence electrons. The van der Waals surface area contributed by atoms with Crippen molar-refractivity contribution in [2.24, 2.45) is 0 Å². The molecule has 4 nitrogen and oxygen atoms in total. The first-order valence-electron chi connectivity index (χ1n) is 41.2. The summed E-state index contributed by atoms with van der Waals surface area (Å²) in [5.74, 6) is 0. The Bertz CT molecular complexity index is 8440. The fourth-order valence-corrected chi connectivity index (χ4v) is 19.7. The van der Waals surface area contributed by atoms with Crippen LogP contribution < -0.4 is 0 Å². The molecule has 0 saturated carbocycles. The van der Waals surface area contributed by atoms with Crippen molar-refractivity contribution >= 4 is 162 Å². The van der Waals surface area contributed by atoms with Crippen molar-refractivity contribution < 1.29 is 0 Å². The number of hydrogen-bond acceptors (Lipinski definition) is 4. The van der Waals surface area contributed by atoms with Crippen LogP contribution in [0.15, 0.2) is 425 Å². The van der Waals surface area contributed by atoms with E-state index < -0.39 is 0 Å². The molecule has 0 aliphatic heterocycles. The second-order valence-corrected chi connectivity index (χ2v) is 31.6. The normalized spacial score (nSPS) is 11.8. The van der Waals surface area contributed by atoms with Crippen molar-refractivity contribution in [1.82, 2.24) is 19.9 Å². The van der Waals surface area contributed by atoms with E-state index in [1.54, 1.807) is 0 Å². The van der Waals surface area contributed by atoms with E-state index in [4.69, 9.17) is 19.9 Å². The van der Waals surface area contributed by atoms with Gasteiger partial charge in [-0.1, -0.05) is 388 Å². The third-order valence-electron chi connectivity index (χ3n) is 25.0. The van der Waals surface area contributed by atoms with Crippen LogP contribution in [0.2, 0.25) is 0 Å². The molecule has 0 aliphatic rings. The Morgan fingerprint density at radius 3 is 0.825 bits per heavy atom. The van der Waals surface area contributed by atoms with E-state index in [-0.39, 0.29) is 0 Å². The first-order chi connectivity index (χ1) is 59.6. The molecule has 0 aliphatic carbocycles. The largest absolute Gasteiger partial charge is 0.245 e. The minimum absolute atomic E-state index is 0.904. The molecule has 0 amide bonds. The first-order valence-corrected chi connectivity index (χ1v) is 41.2. The molecule has 0 spiro atoms. The summed E-state index contributed by atoms with van der Waals surface area (Å²) in [6.45, 7) is 0. The second-order valence-electron chi connectivity index (χ2n) is 31.6. The third-order valence-corrected chi connectivity index (χ3v) is 25.0. The number of aromatic nitrogens is 4. The highest BCUT2D eigenvalue weighted by molar-refractivity contribution is 6.31. The number of benzene rings is 21. The molecular weight excluding hydrogens is 1450 g/mol. The van der Waals surface area contributed by atoms with Gasteiger partial charge >= 0.3 is 0 Å². The maximum absolute atomic E-state index is 5.62. The van der Waals surface area contributed by atoms with Crippen molar-refractivity contribution in [3.63, 3.8) is 0 Å². The molecule has 0 saturated heterocycles. The Morgan fingerprint density at radius 1 is 0.125 bits per heavy atom. The molecule has 0 atom stereocenters. The summed E-state index contributed by atoms with van der Waals surface area (Å²) >= 11 is 0. The summed E-state index contributed by atoms with van der Waals surface area (Å²) in [6.07, 6.45) is 0. The van der Waals surface area contributed by atoms with E-state index in [2.05, 4.69) is 425 Å². The quantitative estimate of drug-likeness (QED) is 0.112. The van der Waals surface area contributed by atoms with Gasteiger partial charge in [0.15, 0.2) is 0 Å². The van der Waals surface area contributed by atoms with Crippen LogP contribution in [0.4, 0.5) is 0 Å². The Kier molecular flexibility index (Phi) is 16.0. The lowest BCUT2D eigenvalue weighted by Crippen LogP contribution is -1.96. The zero-order valence-corrected chi connectivity index (χ0v) is 65.2. The number of fused-ring (bicyclic) bond motifs is 17. The average Bonchev–Trinajstić information content (AvgIpc) is 0.718. The lowest BCUT2D eigenvalue weighted by Gasteiger charge is -2.22. The van der Waals surface area contributed by atoms with E-state index in [0.29, 0.717) is 0 Å². The SMILES string of the molecule is c1ccc(-c2c3ccccc3nc3c2ccc2ccc(-c4c5ccccc5c(-c5c6ccccc6c(-c6ccc7ccccc7c6)c6ccccc56)c5ccccc45)nc23)cc1.c1ccc(-c2c3ccccc3nc3c2ccc2ccc(-c4ccc(-c5c6ccccc6c(-c6ccc7ccccc7c6)c6ccccc56)c5ccccc45)nc23)cc1. The molecule has 4 heterocycles. The maximum atomic E-state index is 5.62. The molecule has 0 bridgehead atoms. The Labute approximate surface area is 691 Å². The number of rotatable bonds is 8. The molecule has 120 heavy (non-hydrogen) atoms. The lowest BCUT2D eigenvalue weighted by atomic mass is 9.81. The highest BCUT2D eigenvalue weighted by Crippen LogP contribution is 2.53. The van der Waals surface area contributed by atoms with Gasteiger partial charge in [-0.15, -0.1) is 0 Å². The Morgan fingerprint density at radius 2 is 0.408 bits per heavy atom. The van der Waals surface area contributed by atoms with Crippen molar-refractivity contribution in [2.75, 3.05) is 0 Å². The zero-order chi connectivity index (χ0) is 78.9. The standard InChI is InChI=1S/C60H36N2.C56H34N2/c1-2-17-38(18-3-1)54-50-28-14-15-29-52(50)61-60-51(54)34-32-39-33-35-53(62-59(39)60)56-44-22-8-12-26-48(44)58(49-27-13-9-23-45(49)56)57-46-24-10-6-20-42(46)55(43-21-7-11-25-47(43)57)41-31-30-37-16-4-5-19-40(37)36-41;1-2-15-36(16-3-1)52-48-24-12-13-25-50(48)58-56-49(52)30-28-37-29-33-51(57-55(37)56)42-31-32-47(41-19-7-6-18-40(41)42)54-45-22-10-8-20-43(45)53(44-21-9-11-23-46(44)54)39-27-26-35-14-4-5-17-38(35)34-39/h1-36H;1-34H. The molecular formula is C116H70N4. The predicted octanol–water partition coefficient (Wildman–Crippen LogP) is 31.6. The van der Waals surface area contributed by atoms with Gasteiger partial charge in [0.1, 0.15) is 0 Å².